The van der Waals surface area contributed by atoms with Crippen molar-refractivity contribution in [3.8, 4) is 11.3 Å². The van der Waals surface area contributed by atoms with E-state index in [1.54, 1.807) is 30.4 Å². The van der Waals surface area contributed by atoms with Crippen LogP contribution in [-0.2, 0) is 14.8 Å². The standard InChI is InChI=1S/C22H17ClN4O3S/c23-17-11-19-14(10-21(28)26-19)9-20(17)31(29,30)27-15-5-3-4-13(8-15)22-16-6-1-2-7-18(16)24-12-25-22/h1-9,11-12,14,19,27H,10H2,(H,26,28). The van der Waals surface area contributed by atoms with Gasteiger partial charge in [-0.2, -0.15) is 0 Å². The van der Waals surface area contributed by atoms with Crippen LogP contribution in [0.15, 0.2) is 76.9 Å². The van der Waals surface area contributed by atoms with Gasteiger partial charge in [-0.3, -0.25) is 9.52 Å². The van der Waals surface area contributed by atoms with Crippen LogP contribution in [0.1, 0.15) is 6.42 Å². The fourth-order valence-corrected chi connectivity index (χ4v) is 5.66. The van der Waals surface area contributed by atoms with E-state index in [0.29, 0.717) is 11.4 Å². The largest absolute Gasteiger partial charge is 0.349 e. The molecule has 0 bridgehead atoms. The third kappa shape index (κ3) is 3.68. The molecule has 0 radical (unpaired) electrons. The number of hydrogen-bond acceptors (Lipinski definition) is 5. The average molecular weight is 453 g/mol. The minimum Gasteiger partial charge on any atom is -0.349 e. The highest BCUT2D eigenvalue weighted by Gasteiger charge is 2.36. The lowest BCUT2D eigenvalue weighted by Crippen LogP contribution is -2.29. The maximum Gasteiger partial charge on any atom is 0.263 e. The summed E-state index contributed by atoms with van der Waals surface area (Å²) >= 11 is 6.25. The molecule has 1 aliphatic carbocycles. The molecule has 2 heterocycles. The fraction of sp³-hybridized carbons (Fsp3) is 0.136. The van der Waals surface area contributed by atoms with Gasteiger partial charge in [-0.1, -0.05) is 48.0 Å². The van der Waals surface area contributed by atoms with Crippen LogP contribution in [-0.4, -0.2) is 30.3 Å². The Hall–Kier alpha value is -3.23. The van der Waals surface area contributed by atoms with Crippen LogP contribution in [0.5, 0.6) is 0 Å². The van der Waals surface area contributed by atoms with E-state index in [1.165, 1.54) is 6.33 Å². The lowest BCUT2D eigenvalue weighted by Gasteiger charge is -2.21. The number of aromatic nitrogens is 2. The minimum absolute atomic E-state index is 0.0233. The van der Waals surface area contributed by atoms with E-state index in [-0.39, 0.29) is 34.2 Å². The molecule has 1 aliphatic heterocycles. The SMILES string of the molecule is O=C1CC2C=C(S(=O)(=O)Nc3cccc(-c4ncnc5ccccc45)c3)C(Cl)=CC2N1. The summed E-state index contributed by atoms with van der Waals surface area (Å²) in [5.41, 5.74) is 2.65. The van der Waals surface area contributed by atoms with E-state index in [4.69, 9.17) is 11.6 Å². The molecule has 1 amide bonds. The Bertz CT molecular complexity index is 1380. The Morgan fingerprint density at radius 2 is 1.90 bits per heavy atom. The van der Waals surface area contributed by atoms with Crippen molar-refractivity contribution in [2.24, 2.45) is 5.92 Å². The predicted octanol–water partition coefficient (Wildman–Crippen LogP) is 3.56. The molecule has 2 unspecified atom stereocenters. The fourth-order valence-electron chi connectivity index (χ4n) is 3.93. The Balaban J connectivity index is 1.48. The summed E-state index contributed by atoms with van der Waals surface area (Å²) in [4.78, 5) is 20.3. The van der Waals surface area contributed by atoms with Crippen molar-refractivity contribution in [1.82, 2.24) is 15.3 Å². The summed E-state index contributed by atoms with van der Waals surface area (Å²) in [6.45, 7) is 0. The number of carbonyl (C=O) groups excluding carboxylic acids is 1. The van der Waals surface area contributed by atoms with Gasteiger partial charge in [0, 0.05) is 29.0 Å². The summed E-state index contributed by atoms with van der Waals surface area (Å²) in [5, 5.41) is 3.74. The number of allylic oxidation sites excluding steroid dienone is 1. The number of nitrogens with one attached hydrogen (secondary N) is 2. The van der Waals surface area contributed by atoms with Gasteiger partial charge in [-0.25, -0.2) is 18.4 Å². The molecular weight excluding hydrogens is 436 g/mol. The summed E-state index contributed by atoms with van der Waals surface area (Å²) in [7, 11) is -3.94. The number of para-hydroxylation sites is 1. The number of fused-ring (bicyclic) bond motifs is 2. The first-order valence-electron chi connectivity index (χ1n) is 9.62. The summed E-state index contributed by atoms with van der Waals surface area (Å²) < 4.78 is 28.7. The molecule has 2 aliphatic rings. The molecule has 31 heavy (non-hydrogen) atoms. The first-order valence-corrected chi connectivity index (χ1v) is 11.5. The molecule has 2 atom stereocenters. The average Bonchev–Trinajstić information content (AvgIpc) is 3.11. The molecule has 0 saturated carbocycles. The van der Waals surface area contributed by atoms with Crippen LogP contribution < -0.4 is 10.0 Å². The third-order valence-electron chi connectivity index (χ3n) is 5.36. The zero-order valence-electron chi connectivity index (χ0n) is 16.1. The van der Waals surface area contributed by atoms with Crippen molar-refractivity contribution in [3.05, 3.63) is 76.9 Å². The highest BCUT2D eigenvalue weighted by atomic mass is 35.5. The Labute approximate surface area is 183 Å². The summed E-state index contributed by atoms with van der Waals surface area (Å²) in [6.07, 6.45) is 4.85. The van der Waals surface area contributed by atoms with Crippen LogP contribution in [0.25, 0.3) is 22.2 Å². The molecule has 3 aromatic rings. The Kier molecular flexibility index (Phi) is 4.75. The number of hydrogen-bond donors (Lipinski definition) is 2. The minimum atomic E-state index is -3.94. The number of benzene rings is 2. The van der Waals surface area contributed by atoms with Crippen LogP contribution >= 0.6 is 11.6 Å². The second kappa shape index (κ2) is 7.47. The van der Waals surface area contributed by atoms with Crippen LogP contribution in [0.2, 0.25) is 0 Å². The van der Waals surface area contributed by atoms with Crippen molar-refractivity contribution in [3.63, 3.8) is 0 Å². The molecular formula is C22H17ClN4O3S. The number of amides is 1. The smallest absolute Gasteiger partial charge is 0.263 e. The molecule has 1 aromatic heterocycles. The Morgan fingerprint density at radius 1 is 1.06 bits per heavy atom. The monoisotopic (exact) mass is 452 g/mol. The Morgan fingerprint density at radius 3 is 2.77 bits per heavy atom. The summed E-state index contributed by atoms with van der Waals surface area (Å²) in [5.74, 6) is -0.358. The van der Waals surface area contributed by atoms with Gasteiger partial charge in [0.15, 0.2) is 0 Å². The van der Waals surface area contributed by atoms with Gasteiger partial charge in [0.25, 0.3) is 10.0 Å². The van der Waals surface area contributed by atoms with E-state index in [0.717, 1.165) is 16.5 Å². The van der Waals surface area contributed by atoms with Crippen LogP contribution in [0.3, 0.4) is 0 Å². The summed E-state index contributed by atoms with van der Waals surface area (Å²) in [6, 6.07) is 14.4. The number of anilines is 1. The molecule has 1 fully saturated rings. The van der Waals surface area contributed by atoms with E-state index in [9.17, 15) is 13.2 Å². The third-order valence-corrected chi connectivity index (χ3v) is 7.24. The zero-order valence-corrected chi connectivity index (χ0v) is 17.7. The van der Waals surface area contributed by atoms with Crippen molar-refractivity contribution in [2.75, 3.05) is 4.72 Å². The molecule has 156 valence electrons. The van der Waals surface area contributed by atoms with Gasteiger partial charge in [0.05, 0.1) is 22.3 Å². The zero-order chi connectivity index (χ0) is 21.6. The van der Waals surface area contributed by atoms with E-state index in [2.05, 4.69) is 20.0 Å². The normalized spacial score (nSPS) is 20.6. The lowest BCUT2D eigenvalue weighted by atomic mass is 9.96. The van der Waals surface area contributed by atoms with Crippen molar-refractivity contribution >= 4 is 44.1 Å². The van der Waals surface area contributed by atoms with Crippen LogP contribution in [0.4, 0.5) is 5.69 Å². The number of sulfonamides is 1. The first kappa shape index (κ1) is 19.7. The second-order valence-corrected chi connectivity index (χ2v) is 9.49. The number of halogens is 1. The maximum atomic E-state index is 13.1. The lowest BCUT2D eigenvalue weighted by molar-refractivity contribution is -0.119. The van der Waals surface area contributed by atoms with Crippen molar-refractivity contribution in [2.45, 2.75) is 12.5 Å². The maximum absolute atomic E-state index is 13.1. The van der Waals surface area contributed by atoms with E-state index >= 15 is 0 Å². The quantitative estimate of drug-likeness (QED) is 0.630. The van der Waals surface area contributed by atoms with Crippen LogP contribution in [0, 0.1) is 5.92 Å². The number of nitrogens with zero attached hydrogens (tertiary/aromatic N) is 2. The first-order chi connectivity index (χ1) is 14.9. The molecule has 9 heteroatoms. The highest BCUT2D eigenvalue weighted by molar-refractivity contribution is 7.96. The van der Waals surface area contributed by atoms with Crippen molar-refractivity contribution < 1.29 is 13.2 Å². The van der Waals surface area contributed by atoms with Gasteiger partial charge in [-0.15, -0.1) is 0 Å². The van der Waals surface area contributed by atoms with Gasteiger partial charge in [0.2, 0.25) is 5.91 Å². The van der Waals surface area contributed by atoms with Gasteiger partial charge in [0.1, 0.15) is 11.2 Å². The van der Waals surface area contributed by atoms with E-state index in [1.807, 2.05) is 30.3 Å². The molecule has 0 spiro atoms. The highest BCUT2D eigenvalue weighted by Crippen LogP contribution is 2.35. The van der Waals surface area contributed by atoms with Gasteiger partial charge < -0.3 is 5.32 Å². The van der Waals surface area contributed by atoms with Gasteiger partial charge >= 0.3 is 0 Å². The molecule has 2 aromatic carbocycles. The van der Waals surface area contributed by atoms with E-state index < -0.39 is 10.0 Å². The van der Waals surface area contributed by atoms with Gasteiger partial charge in [-0.05, 0) is 24.3 Å². The van der Waals surface area contributed by atoms with Crippen molar-refractivity contribution in [1.29, 1.82) is 0 Å². The number of rotatable bonds is 4. The second-order valence-electron chi connectivity index (χ2n) is 7.43. The predicted molar refractivity (Wildman–Crippen MR) is 120 cm³/mol. The molecule has 7 nitrogen and oxygen atoms in total. The molecule has 5 rings (SSSR count). The molecule has 2 N–H and O–H groups in total. The molecule has 1 saturated heterocycles. The topological polar surface area (TPSA) is 101 Å². The number of carbonyl (C=O) groups is 1.